The average molecular weight is 282 g/mol. The standard InChI is InChI=1S/C18H22N2O/c1-2-13-3-5-14(6-4-13)11-17(20-19)15-7-8-18-16(12-15)9-10-21-18/h3-8,12,17,20H,2,9-11,19H2,1H3. The van der Waals surface area contributed by atoms with Crippen LogP contribution in [0, 0.1) is 0 Å². The Kier molecular flexibility index (Phi) is 4.23. The zero-order valence-corrected chi connectivity index (χ0v) is 12.4. The molecule has 0 aliphatic carbocycles. The molecular weight excluding hydrogens is 260 g/mol. The van der Waals surface area contributed by atoms with Crippen LogP contribution in [0.4, 0.5) is 0 Å². The lowest BCUT2D eigenvalue weighted by Crippen LogP contribution is -2.29. The van der Waals surface area contributed by atoms with E-state index in [1.807, 2.05) is 0 Å². The van der Waals surface area contributed by atoms with Gasteiger partial charge in [-0.3, -0.25) is 11.3 Å². The minimum atomic E-state index is 0.128. The summed E-state index contributed by atoms with van der Waals surface area (Å²) in [4.78, 5) is 0. The molecule has 1 aliphatic heterocycles. The molecule has 0 saturated heterocycles. The van der Waals surface area contributed by atoms with E-state index in [2.05, 4.69) is 54.8 Å². The number of fused-ring (bicyclic) bond motifs is 1. The highest BCUT2D eigenvalue weighted by atomic mass is 16.5. The SMILES string of the molecule is CCc1ccc(CC(NN)c2ccc3c(c2)CCO3)cc1. The van der Waals surface area contributed by atoms with Gasteiger partial charge in [-0.15, -0.1) is 0 Å². The number of nitrogens with two attached hydrogens (primary N) is 1. The first-order chi connectivity index (χ1) is 10.3. The third-order valence-corrected chi connectivity index (χ3v) is 4.19. The van der Waals surface area contributed by atoms with E-state index in [0.29, 0.717) is 0 Å². The van der Waals surface area contributed by atoms with Crippen LogP contribution < -0.4 is 16.0 Å². The largest absolute Gasteiger partial charge is 0.493 e. The minimum absolute atomic E-state index is 0.128. The minimum Gasteiger partial charge on any atom is -0.493 e. The van der Waals surface area contributed by atoms with Gasteiger partial charge >= 0.3 is 0 Å². The van der Waals surface area contributed by atoms with Crippen LogP contribution >= 0.6 is 0 Å². The van der Waals surface area contributed by atoms with Gasteiger partial charge in [0.2, 0.25) is 0 Å². The molecule has 0 saturated carbocycles. The number of hydrogen-bond donors (Lipinski definition) is 2. The molecule has 21 heavy (non-hydrogen) atoms. The second-order valence-electron chi connectivity index (χ2n) is 5.56. The van der Waals surface area contributed by atoms with E-state index in [9.17, 15) is 0 Å². The second kappa shape index (κ2) is 6.29. The van der Waals surface area contributed by atoms with E-state index in [-0.39, 0.29) is 6.04 Å². The molecule has 110 valence electrons. The van der Waals surface area contributed by atoms with Crippen molar-refractivity contribution in [2.75, 3.05) is 6.61 Å². The average Bonchev–Trinajstić information content (AvgIpc) is 3.00. The summed E-state index contributed by atoms with van der Waals surface area (Å²) in [5.74, 6) is 6.79. The fraction of sp³-hybridized carbons (Fsp3) is 0.333. The highest BCUT2D eigenvalue weighted by molar-refractivity contribution is 5.41. The van der Waals surface area contributed by atoms with E-state index >= 15 is 0 Å². The molecule has 1 heterocycles. The van der Waals surface area contributed by atoms with Crippen LogP contribution in [-0.2, 0) is 19.3 Å². The molecule has 0 spiro atoms. The van der Waals surface area contributed by atoms with Crippen molar-refractivity contribution in [2.45, 2.75) is 32.2 Å². The Hall–Kier alpha value is -1.84. The van der Waals surface area contributed by atoms with Crippen LogP contribution in [0.2, 0.25) is 0 Å². The molecule has 1 unspecified atom stereocenters. The van der Waals surface area contributed by atoms with Gasteiger partial charge in [0.1, 0.15) is 5.75 Å². The van der Waals surface area contributed by atoms with Crippen LogP contribution in [0.25, 0.3) is 0 Å². The van der Waals surface area contributed by atoms with E-state index < -0.39 is 0 Å². The Bertz CT molecular complexity index is 607. The molecule has 0 amide bonds. The maximum atomic E-state index is 5.77. The summed E-state index contributed by atoms with van der Waals surface area (Å²) in [5, 5.41) is 0. The Morgan fingerprint density at radius 3 is 2.62 bits per heavy atom. The molecule has 3 nitrogen and oxygen atoms in total. The molecule has 3 rings (SSSR count). The van der Waals surface area contributed by atoms with Crippen molar-refractivity contribution in [3.8, 4) is 5.75 Å². The number of rotatable bonds is 5. The highest BCUT2D eigenvalue weighted by Crippen LogP contribution is 2.29. The Labute approximate surface area is 126 Å². The lowest BCUT2D eigenvalue weighted by molar-refractivity contribution is 0.356. The normalized spacial score (nSPS) is 14.6. The van der Waals surface area contributed by atoms with Crippen LogP contribution in [-0.4, -0.2) is 6.61 Å². The zero-order valence-electron chi connectivity index (χ0n) is 12.4. The third-order valence-electron chi connectivity index (χ3n) is 4.19. The van der Waals surface area contributed by atoms with E-state index in [1.54, 1.807) is 0 Å². The molecule has 0 aromatic heterocycles. The summed E-state index contributed by atoms with van der Waals surface area (Å²) in [5.41, 5.74) is 8.12. The van der Waals surface area contributed by atoms with Gasteiger partial charge in [-0.25, -0.2) is 0 Å². The van der Waals surface area contributed by atoms with Crippen LogP contribution in [0.5, 0.6) is 5.75 Å². The van der Waals surface area contributed by atoms with Gasteiger partial charge in [-0.05, 0) is 41.2 Å². The van der Waals surface area contributed by atoms with Crippen molar-refractivity contribution in [2.24, 2.45) is 5.84 Å². The summed E-state index contributed by atoms with van der Waals surface area (Å²) in [6, 6.07) is 15.3. The molecule has 2 aromatic rings. The molecule has 3 N–H and O–H groups in total. The molecular formula is C18H22N2O. The van der Waals surface area contributed by atoms with Crippen LogP contribution in [0.3, 0.4) is 0 Å². The van der Waals surface area contributed by atoms with Crippen molar-refractivity contribution in [3.05, 3.63) is 64.7 Å². The van der Waals surface area contributed by atoms with E-state index in [0.717, 1.165) is 31.6 Å². The predicted octanol–water partition coefficient (Wildman–Crippen LogP) is 2.93. The monoisotopic (exact) mass is 282 g/mol. The zero-order chi connectivity index (χ0) is 14.7. The van der Waals surface area contributed by atoms with Gasteiger partial charge < -0.3 is 4.74 Å². The maximum absolute atomic E-state index is 5.77. The summed E-state index contributed by atoms with van der Waals surface area (Å²) in [7, 11) is 0. The number of hydrazine groups is 1. The van der Waals surface area contributed by atoms with E-state index in [1.165, 1.54) is 22.3 Å². The number of aryl methyl sites for hydroxylation is 1. The van der Waals surface area contributed by atoms with Gasteiger partial charge in [0.25, 0.3) is 0 Å². The molecule has 2 aromatic carbocycles. The first-order valence-electron chi connectivity index (χ1n) is 7.59. The quantitative estimate of drug-likeness (QED) is 0.655. The first-order valence-corrected chi connectivity index (χ1v) is 7.59. The summed E-state index contributed by atoms with van der Waals surface area (Å²) in [6.07, 6.45) is 2.95. The molecule has 0 fully saturated rings. The highest BCUT2D eigenvalue weighted by Gasteiger charge is 2.16. The Balaban J connectivity index is 1.78. The molecule has 1 aliphatic rings. The summed E-state index contributed by atoms with van der Waals surface area (Å²) >= 11 is 0. The maximum Gasteiger partial charge on any atom is 0.122 e. The van der Waals surface area contributed by atoms with Gasteiger partial charge in [-0.2, -0.15) is 0 Å². The number of nitrogens with one attached hydrogen (secondary N) is 1. The second-order valence-corrected chi connectivity index (χ2v) is 5.56. The third kappa shape index (κ3) is 3.09. The van der Waals surface area contributed by atoms with Crippen molar-refractivity contribution in [1.82, 2.24) is 5.43 Å². The smallest absolute Gasteiger partial charge is 0.122 e. The fourth-order valence-corrected chi connectivity index (χ4v) is 2.84. The van der Waals surface area contributed by atoms with Crippen LogP contribution in [0.1, 0.15) is 35.2 Å². The molecule has 0 radical (unpaired) electrons. The van der Waals surface area contributed by atoms with Gasteiger partial charge in [0.05, 0.1) is 6.61 Å². The first kappa shape index (κ1) is 14.1. The van der Waals surface area contributed by atoms with Crippen molar-refractivity contribution >= 4 is 0 Å². The predicted molar refractivity (Wildman–Crippen MR) is 85.2 cm³/mol. The van der Waals surface area contributed by atoms with Gasteiger partial charge in [-0.1, -0.05) is 43.3 Å². The number of ether oxygens (including phenoxy) is 1. The van der Waals surface area contributed by atoms with Gasteiger partial charge in [0.15, 0.2) is 0 Å². The van der Waals surface area contributed by atoms with Crippen molar-refractivity contribution in [1.29, 1.82) is 0 Å². The molecule has 1 atom stereocenters. The summed E-state index contributed by atoms with van der Waals surface area (Å²) < 4.78 is 5.56. The molecule has 0 bridgehead atoms. The topological polar surface area (TPSA) is 47.3 Å². The summed E-state index contributed by atoms with van der Waals surface area (Å²) in [6.45, 7) is 2.96. The van der Waals surface area contributed by atoms with E-state index in [4.69, 9.17) is 10.6 Å². The van der Waals surface area contributed by atoms with Crippen molar-refractivity contribution < 1.29 is 4.74 Å². The Morgan fingerprint density at radius 1 is 1.14 bits per heavy atom. The Morgan fingerprint density at radius 2 is 1.90 bits per heavy atom. The number of hydrogen-bond acceptors (Lipinski definition) is 3. The van der Waals surface area contributed by atoms with Crippen molar-refractivity contribution in [3.63, 3.8) is 0 Å². The van der Waals surface area contributed by atoms with Crippen LogP contribution in [0.15, 0.2) is 42.5 Å². The van der Waals surface area contributed by atoms with Gasteiger partial charge in [0, 0.05) is 12.5 Å². The fourth-order valence-electron chi connectivity index (χ4n) is 2.84. The number of benzene rings is 2. The lowest BCUT2D eigenvalue weighted by Gasteiger charge is -2.17. The lowest BCUT2D eigenvalue weighted by atomic mass is 9.96. The molecule has 3 heteroatoms.